The van der Waals surface area contributed by atoms with Gasteiger partial charge in [0.05, 0.1) is 23.4 Å². The number of hydrogen-bond donors (Lipinski definition) is 0. The minimum Gasteiger partial charge on any atom is -0.465 e. The molecule has 1 aromatic carbocycles. The molecule has 0 saturated carbocycles. The van der Waals surface area contributed by atoms with E-state index in [4.69, 9.17) is 9.72 Å². The maximum absolute atomic E-state index is 13.6. The lowest BCUT2D eigenvalue weighted by Gasteiger charge is -2.14. The molecule has 0 bridgehead atoms. The van der Waals surface area contributed by atoms with Crippen LogP contribution in [0.4, 0.5) is 0 Å². The molecule has 4 rings (SSSR count). The Morgan fingerprint density at radius 2 is 2.14 bits per heavy atom. The summed E-state index contributed by atoms with van der Waals surface area (Å²) in [6.45, 7) is 4.12. The average molecular weight is 415 g/mol. The standard InChI is InChI=1S/C21H22N2O3S2/c1-3-26-17(24)12-27-21-22-19-18(15-9-4-5-10-16(15)28-19)20(25)23(21)14-8-6-7-13(2)11-14/h6-8,11H,3-5,9-10,12H2,1-2H3. The highest BCUT2D eigenvalue weighted by Crippen LogP contribution is 2.35. The van der Waals surface area contributed by atoms with Crippen LogP contribution < -0.4 is 5.56 Å². The van der Waals surface area contributed by atoms with Crippen molar-refractivity contribution in [1.82, 2.24) is 9.55 Å². The second kappa shape index (κ2) is 8.09. The first-order valence-electron chi connectivity index (χ1n) is 9.51. The number of fused-ring (bicyclic) bond motifs is 3. The number of aryl methyl sites for hydroxylation is 3. The van der Waals surface area contributed by atoms with Crippen molar-refractivity contribution in [3.05, 3.63) is 50.6 Å². The van der Waals surface area contributed by atoms with Gasteiger partial charge in [-0.05, 0) is 62.8 Å². The molecule has 0 unspecified atom stereocenters. The van der Waals surface area contributed by atoms with Gasteiger partial charge in [-0.25, -0.2) is 4.98 Å². The molecule has 28 heavy (non-hydrogen) atoms. The molecule has 2 aromatic heterocycles. The number of thioether (sulfide) groups is 1. The van der Waals surface area contributed by atoms with E-state index >= 15 is 0 Å². The first-order valence-corrected chi connectivity index (χ1v) is 11.3. The molecule has 0 aliphatic heterocycles. The molecular formula is C21H22N2O3S2. The number of hydrogen-bond acceptors (Lipinski definition) is 6. The van der Waals surface area contributed by atoms with Crippen LogP contribution in [0.25, 0.3) is 15.9 Å². The molecule has 0 spiro atoms. The summed E-state index contributed by atoms with van der Waals surface area (Å²) in [5, 5.41) is 1.29. The van der Waals surface area contributed by atoms with E-state index in [1.54, 1.807) is 22.8 Å². The third-order valence-electron chi connectivity index (χ3n) is 4.84. The van der Waals surface area contributed by atoms with Crippen molar-refractivity contribution in [1.29, 1.82) is 0 Å². The molecule has 7 heteroatoms. The van der Waals surface area contributed by atoms with Crippen LogP contribution in [-0.2, 0) is 22.4 Å². The Morgan fingerprint density at radius 3 is 2.93 bits per heavy atom. The van der Waals surface area contributed by atoms with Gasteiger partial charge in [0.25, 0.3) is 5.56 Å². The number of esters is 1. The SMILES string of the molecule is CCOC(=O)CSc1nc2sc3c(c2c(=O)n1-c1cccc(C)c1)CCCC3. The maximum Gasteiger partial charge on any atom is 0.316 e. The molecule has 2 heterocycles. The van der Waals surface area contributed by atoms with Gasteiger partial charge in [0, 0.05) is 4.88 Å². The van der Waals surface area contributed by atoms with Crippen molar-refractivity contribution >= 4 is 39.3 Å². The third kappa shape index (κ3) is 3.61. The Hall–Kier alpha value is -2.12. The van der Waals surface area contributed by atoms with Crippen LogP contribution in [-0.4, -0.2) is 27.9 Å². The van der Waals surface area contributed by atoms with Crippen LogP contribution in [0.3, 0.4) is 0 Å². The summed E-state index contributed by atoms with van der Waals surface area (Å²) < 4.78 is 6.69. The highest BCUT2D eigenvalue weighted by atomic mass is 32.2. The first kappa shape index (κ1) is 19.2. The number of aromatic nitrogens is 2. The summed E-state index contributed by atoms with van der Waals surface area (Å²) in [6.07, 6.45) is 4.24. The quantitative estimate of drug-likeness (QED) is 0.354. The number of carbonyl (C=O) groups is 1. The van der Waals surface area contributed by atoms with Gasteiger partial charge < -0.3 is 4.74 Å². The zero-order valence-corrected chi connectivity index (χ0v) is 17.6. The topological polar surface area (TPSA) is 61.2 Å². The van der Waals surface area contributed by atoms with Crippen molar-refractivity contribution in [3.63, 3.8) is 0 Å². The van der Waals surface area contributed by atoms with E-state index in [0.29, 0.717) is 11.8 Å². The van der Waals surface area contributed by atoms with E-state index < -0.39 is 0 Å². The van der Waals surface area contributed by atoms with Gasteiger partial charge in [0.15, 0.2) is 5.16 Å². The zero-order valence-electron chi connectivity index (χ0n) is 16.0. The Kier molecular flexibility index (Phi) is 5.55. The third-order valence-corrected chi connectivity index (χ3v) is 6.94. The first-order chi connectivity index (χ1) is 13.6. The summed E-state index contributed by atoms with van der Waals surface area (Å²) in [5.74, 6) is -0.175. The number of carbonyl (C=O) groups excluding carboxylic acids is 1. The van der Waals surface area contributed by atoms with Gasteiger partial charge in [-0.3, -0.25) is 14.2 Å². The second-order valence-electron chi connectivity index (χ2n) is 6.86. The van der Waals surface area contributed by atoms with Crippen molar-refractivity contribution in [2.45, 2.75) is 44.7 Å². The summed E-state index contributed by atoms with van der Waals surface area (Å²) in [4.78, 5) is 32.3. The summed E-state index contributed by atoms with van der Waals surface area (Å²) in [6, 6.07) is 7.82. The maximum atomic E-state index is 13.6. The summed E-state index contributed by atoms with van der Waals surface area (Å²) in [7, 11) is 0. The fourth-order valence-electron chi connectivity index (χ4n) is 3.60. The van der Waals surface area contributed by atoms with E-state index in [1.165, 1.54) is 22.2 Å². The van der Waals surface area contributed by atoms with E-state index in [2.05, 4.69) is 0 Å². The van der Waals surface area contributed by atoms with Crippen molar-refractivity contribution in [3.8, 4) is 5.69 Å². The number of benzene rings is 1. The number of nitrogens with zero attached hydrogens (tertiary/aromatic N) is 2. The zero-order chi connectivity index (χ0) is 19.7. The predicted molar refractivity (Wildman–Crippen MR) is 114 cm³/mol. The Bertz CT molecular complexity index is 1100. The lowest BCUT2D eigenvalue weighted by atomic mass is 9.97. The molecule has 1 aliphatic carbocycles. The minimum atomic E-state index is -0.303. The predicted octanol–water partition coefficient (Wildman–Crippen LogP) is 4.29. The molecule has 0 saturated heterocycles. The number of ether oxygens (including phenoxy) is 1. The Morgan fingerprint density at radius 1 is 1.32 bits per heavy atom. The van der Waals surface area contributed by atoms with Crippen LogP contribution in [0.5, 0.6) is 0 Å². The minimum absolute atomic E-state index is 0.0404. The van der Waals surface area contributed by atoms with E-state index in [1.807, 2.05) is 31.2 Å². The van der Waals surface area contributed by atoms with Crippen LogP contribution in [0.1, 0.15) is 35.8 Å². The fraction of sp³-hybridized carbons (Fsp3) is 0.381. The lowest BCUT2D eigenvalue weighted by Crippen LogP contribution is -2.23. The van der Waals surface area contributed by atoms with Crippen molar-refractivity contribution in [2.24, 2.45) is 0 Å². The molecule has 146 valence electrons. The molecule has 0 N–H and O–H groups in total. The molecule has 5 nitrogen and oxygen atoms in total. The van der Waals surface area contributed by atoms with Crippen LogP contribution in [0.15, 0.2) is 34.2 Å². The summed E-state index contributed by atoms with van der Waals surface area (Å²) >= 11 is 2.88. The van der Waals surface area contributed by atoms with Gasteiger partial charge in [0.1, 0.15) is 4.83 Å². The number of rotatable bonds is 5. The normalized spacial score (nSPS) is 13.5. The molecule has 1 aliphatic rings. The lowest BCUT2D eigenvalue weighted by molar-refractivity contribution is -0.139. The Labute approximate surface area is 171 Å². The highest BCUT2D eigenvalue weighted by molar-refractivity contribution is 7.99. The van der Waals surface area contributed by atoms with Gasteiger partial charge in [0.2, 0.25) is 0 Å². The monoisotopic (exact) mass is 414 g/mol. The smallest absolute Gasteiger partial charge is 0.316 e. The van der Waals surface area contributed by atoms with Gasteiger partial charge in [-0.2, -0.15) is 0 Å². The Balaban J connectivity index is 1.89. The fourth-order valence-corrected chi connectivity index (χ4v) is 5.72. The molecule has 0 radical (unpaired) electrons. The van der Waals surface area contributed by atoms with Gasteiger partial charge >= 0.3 is 5.97 Å². The molecule has 0 atom stereocenters. The van der Waals surface area contributed by atoms with Crippen LogP contribution in [0.2, 0.25) is 0 Å². The van der Waals surface area contributed by atoms with Gasteiger partial charge in [-0.1, -0.05) is 23.9 Å². The average Bonchev–Trinajstić information content (AvgIpc) is 3.05. The molecule has 0 amide bonds. The molecule has 3 aromatic rings. The highest BCUT2D eigenvalue weighted by Gasteiger charge is 2.23. The van der Waals surface area contributed by atoms with Crippen molar-refractivity contribution < 1.29 is 9.53 Å². The molecule has 0 fully saturated rings. The van der Waals surface area contributed by atoms with Crippen molar-refractivity contribution in [2.75, 3.05) is 12.4 Å². The van der Waals surface area contributed by atoms with Gasteiger partial charge in [-0.15, -0.1) is 11.3 Å². The van der Waals surface area contributed by atoms with E-state index in [9.17, 15) is 9.59 Å². The number of thiophene rings is 1. The van der Waals surface area contributed by atoms with E-state index in [0.717, 1.165) is 47.2 Å². The largest absolute Gasteiger partial charge is 0.465 e. The van der Waals surface area contributed by atoms with Crippen LogP contribution >= 0.6 is 23.1 Å². The molecular weight excluding hydrogens is 392 g/mol. The van der Waals surface area contributed by atoms with Crippen LogP contribution in [0, 0.1) is 6.92 Å². The van der Waals surface area contributed by atoms with E-state index in [-0.39, 0.29) is 17.3 Å². The summed E-state index contributed by atoms with van der Waals surface area (Å²) in [5.41, 5.74) is 2.98. The second-order valence-corrected chi connectivity index (χ2v) is 8.88.